The van der Waals surface area contributed by atoms with Crippen LogP contribution >= 0.6 is 11.6 Å². The van der Waals surface area contributed by atoms with Crippen LogP contribution in [0.4, 0.5) is 4.39 Å². The summed E-state index contributed by atoms with van der Waals surface area (Å²) in [5, 5.41) is 3.33. The zero-order chi connectivity index (χ0) is 12.3. The third kappa shape index (κ3) is 2.97. The molecule has 4 heteroatoms. The van der Waals surface area contributed by atoms with Gasteiger partial charge in [-0.05, 0) is 37.6 Å². The van der Waals surface area contributed by atoms with Crippen LogP contribution in [0.1, 0.15) is 24.5 Å². The van der Waals surface area contributed by atoms with Gasteiger partial charge in [0.05, 0.1) is 11.1 Å². The topological polar surface area (TPSA) is 21.3 Å². The van der Waals surface area contributed by atoms with Gasteiger partial charge < -0.3 is 10.1 Å². The number of rotatable bonds is 3. The Hall–Kier alpha value is -0.640. The molecule has 1 aromatic rings. The lowest BCUT2D eigenvalue weighted by Gasteiger charge is -2.32. The van der Waals surface area contributed by atoms with E-state index in [0.29, 0.717) is 5.92 Å². The van der Waals surface area contributed by atoms with E-state index in [1.165, 1.54) is 6.07 Å². The predicted octanol–water partition coefficient (Wildman–Crippen LogP) is 3.17. The predicted molar refractivity (Wildman–Crippen MR) is 66.8 cm³/mol. The lowest BCUT2D eigenvalue weighted by atomic mass is 9.89. The van der Waals surface area contributed by atoms with Gasteiger partial charge >= 0.3 is 0 Å². The van der Waals surface area contributed by atoms with Crippen molar-refractivity contribution in [3.63, 3.8) is 0 Å². The Morgan fingerprint density at radius 1 is 1.53 bits per heavy atom. The van der Waals surface area contributed by atoms with Crippen LogP contribution in [0, 0.1) is 11.7 Å². The maximum Gasteiger partial charge on any atom is 0.142 e. The fraction of sp³-hybridized carbons (Fsp3) is 0.538. The van der Waals surface area contributed by atoms with Gasteiger partial charge in [-0.15, -0.1) is 0 Å². The first-order chi connectivity index (χ1) is 8.22. The first kappa shape index (κ1) is 12.8. The van der Waals surface area contributed by atoms with Crippen LogP contribution in [0.15, 0.2) is 18.2 Å². The van der Waals surface area contributed by atoms with Crippen LogP contribution < -0.4 is 5.32 Å². The first-order valence-corrected chi connectivity index (χ1v) is 6.31. The molecule has 17 heavy (non-hydrogen) atoms. The van der Waals surface area contributed by atoms with Crippen LogP contribution in [0.2, 0.25) is 5.02 Å². The Morgan fingerprint density at radius 2 is 2.35 bits per heavy atom. The van der Waals surface area contributed by atoms with Crippen molar-refractivity contribution in [2.75, 3.05) is 20.2 Å². The van der Waals surface area contributed by atoms with Crippen molar-refractivity contribution in [1.82, 2.24) is 5.32 Å². The maximum absolute atomic E-state index is 13.4. The van der Waals surface area contributed by atoms with E-state index in [1.807, 2.05) is 13.1 Å². The third-order valence-corrected chi connectivity index (χ3v) is 3.49. The fourth-order valence-electron chi connectivity index (χ4n) is 2.37. The van der Waals surface area contributed by atoms with E-state index in [1.54, 1.807) is 6.07 Å². The summed E-state index contributed by atoms with van der Waals surface area (Å²) in [6, 6.07) is 4.94. The third-order valence-electron chi connectivity index (χ3n) is 3.18. The second-order valence-corrected chi connectivity index (χ2v) is 4.83. The standard InChI is InChI=1S/C13H17ClFNO/c1-16-8-10-3-2-6-17-13(10)9-4-5-11(14)12(15)7-9/h4-5,7,10,13,16H,2-3,6,8H2,1H3. The molecule has 1 saturated heterocycles. The molecule has 2 atom stereocenters. The second kappa shape index (κ2) is 5.80. The molecule has 2 nitrogen and oxygen atoms in total. The minimum absolute atomic E-state index is 0.0250. The highest BCUT2D eigenvalue weighted by Gasteiger charge is 2.27. The van der Waals surface area contributed by atoms with Gasteiger partial charge in [0.15, 0.2) is 0 Å². The summed E-state index contributed by atoms with van der Waals surface area (Å²) in [6.45, 7) is 1.63. The Labute approximate surface area is 106 Å². The van der Waals surface area contributed by atoms with E-state index in [9.17, 15) is 4.39 Å². The number of hydrogen-bond acceptors (Lipinski definition) is 2. The minimum atomic E-state index is -0.374. The highest BCUT2D eigenvalue weighted by molar-refractivity contribution is 6.30. The molecule has 0 amide bonds. The van der Waals surface area contributed by atoms with Crippen LogP contribution in [-0.4, -0.2) is 20.2 Å². The van der Waals surface area contributed by atoms with Gasteiger partial charge in [-0.25, -0.2) is 4.39 Å². The summed E-state index contributed by atoms with van der Waals surface area (Å²) >= 11 is 5.69. The monoisotopic (exact) mass is 257 g/mol. The van der Waals surface area contributed by atoms with E-state index >= 15 is 0 Å². The van der Waals surface area contributed by atoms with Gasteiger partial charge in [0.1, 0.15) is 5.82 Å². The number of ether oxygens (including phenoxy) is 1. The smallest absolute Gasteiger partial charge is 0.142 e. The molecular formula is C13H17ClFNO. The summed E-state index contributed by atoms with van der Waals surface area (Å²) in [6.07, 6.45) is 2.15. The van der Waals surface area contributed by atoms with Crippen molar-refractivity contribution in [3.05, 3.63) is 34.6 Å². The van der Waals surface area contributed by atoms with Crippen LogP contribution in [0.5, 0.6) is 0 Å². The molecule has 0 aromatic heterocycles. The molecule has 1 aromatic carbocycles. The molecule has 94 valence electrons. The second-order valence-electron chi connectivity index (χ2n) is 4.42. The van der Waals surface area contributed by atoms with Crippen molar-refractivity contribution in [3.8, 4) is 0 Å². The normalized spacial score (nSPS) is 24.9. The Morgan fingerprint density at radius 3 is 3.06 bits per heavy atom. The Bertz CT molecular complexity index is 384. The zero-order valence-corrected chi connectivity index (χ0v) is 10.6. The average Bonchev–Trinajstić information content (AvgIpc) is 2.34. The molecular weight excluding hydrogens is 241 g/mol. The molecule has 1 aliphatic heterocycles. The van der Waals surface area contributed by atoms with Crippen LogP contribution in [-0.2, 0) is 4.74 Å². The van der Waals surface area contributed by atoms with E-state index in [-0.39, 0.29) is 16.9 Å². The van der Waals surface area contributed by atoms with Crippen LogP contribution in [0.3, 0.4) is 0 Å². The zero-order valence-electron chi connectivity index (χ0n) is 9.88. The highest BCUT2D eigenvalue weighted by Crippen LogP contribution is 2.34. The molecule has 0 bridgehead atoms. The summed E-state index contributed by atoms with van der Waals surface area (Å²) in [4.78, 5) is 0. The molecule has 1 fully saturated rings. The lowest BCUT2D eigenvalue weighted by molar-refractivity contribution is -0.0273. The summed E-state index contributed by atoms with van der Waals surface area (Å²) in [7, 11) is 1.92. The molecule has 2 rings (SSSR count). The quantitative estimate of drug-likeness (QED) is 0.898. The average molecular weight is 258 g/mol. The molecule has 0 aliphatic carbocycles. The molecule has 2 unspecified atom stereocenters. The van der Waals surface area contributed by atoms with Crippen molar-refractivity contribution in [2.45, 2.75) is 18.9 Å². The fourth-order valence-corrected chi connectivity index (χ4v) is 2.49. The summed E-state index contributed by atoms with van der Waals surface area (Å²) in [5.74, 6) is 0.0240. The van der Waals surface area contributed by atoms with Gasteiger partial charge in [0.25, 0.3) is 0 Å². The number of hydrogen-bond donors (Lipinski definition) is 1. The molecule has 0 saturated carbocycles. The van der Waals surface area contributed by atoms with Gasteiger partial charge in [0, 0.05) is 19.1 Å². The number of halogens is 2. The summed E-state index contributed by atoms with van der Waals surface area (Å²) in [5.41, 5.74) is 0.881. The van der Waals surface area contributed by atoms with Crippen LogP contribution in [0.25, 0.3) is 0 Å². The van der Waals surface area contributed by atoms with Crippen molar-refractivity contribution in [2.24, 2.45) is 5.92 Å². The largest absolute Gasteiger partial charge is 0.373 e. The molecule has 0 spiro atoms. The molecule has 1 aliphatic rings. The Balaban J connectivity index is 2.20. The van der Waals surface area contributed by atoms with E-state index in [2.05, 4.69) is 5.32 Å². The SMILES string of the molecule is CNCC1CCCOC1c1ccc(Cl)c(F)c1. The molecule has 1 N–H and O–H groups in total. The van der Waals surface area contributed by atoms with Gasteiger partial charge in [-0.2, -0.15) is 0 Å². The maximum atomic E-state index is 13.4. The summed E-state index contributed by atoms with van der Waals surface area (Å²) < 4.78 is 19.2. The van der Waals surface area contributed by atoms with Gasteiger partial charge in [-0.1, -0.05) is 17.7 Å². The molecule has 0 radical (unpaired) electrons. The van der Waals surface area contributed by atoms with E-state index in [4.69, 9.17) is 16.3 Å². The van der Waals surface area contributed by atoms with E-state index < -0.39 is 0 Å². The van der Waals surface area contributed by atoms with Crippen molar-refractivity contribution in [1.29, 1.82) is 0 Å². The number of benzene rings is 1. The van der Waals surface area contributed by atoms with Crippen molar-refractivity contribution < 1.29 is 9.13 Å². The van der Waals surface area contributed by atoms with Crippen molar-refractivity contribution >= 4 is 11.6 Å². The first-order valence-electron chi connectivity index (χ1n) is 5.93. The Kier molecular flexibility index (Phi) is 4.37. The van der Waals surface area contributed by atoms with Gasteiger partial charge in [0.2, 0.25) is 0 Å². The number of nitrogens with one attached hydrogen (secondary N) is 1. The highest BCUT2D eigenvalue weighted by atomic mass is 35.5. The minimum Gasteiger partial charge on any atom is -0.373 e. The van der Waals surface area contributed by atoms with Gasteiger partial charge in [-0.3, -0.25) is 0 Å². The lowest BCUT2D eigenvalue weighted by Crippen LogP contribution is -2.30. The molecule has 1 heterocycles. The van der Waals surface area contributed by atoms with E-state index in [0.717, 1.165) is 31.6 Å².